The molecule has 0 radical (unpaired) electrons. The number of phenols is 1. The number of guanidine groups is 2. The first-order valence-corrected chi connectivity index (χ1v) is 14.0. The van der Waals surface area contributed by atoms with Gasteiger partial charge in [-0.05, 0) is 55.7 Å². The fraction of sp³-hybridized carbons (Fsp3) is 0.556. The molecule has 43 heavy (non-hydrogen) atoms. The lowest BCUT2D eigenvalue weighted by molar-refractivity contribution is -0.142. The van der Waals surface area contributed by atoms with Crippen LogP contribution in [-0.2, 0) is 25.6 Å². The van der Waals surface area contributed by atoms with Crippen LogP contribution < -0.4 is 44.6 Å². The van der Waals surface area contributed by atoms with Crippen LogP contribution in [0.5, 0.6) is 5.75 Å². The number of nitrogens with one attached hydrogen (secondary N) is 3. The van der Waals surface area contributed by atoms with E-state index in [2.05, 4.69) is 25.9 Å². The molecule has 1 aromatic rings. The third kappa shape index (κ3) is 15.3. The third-order valence-corrected chi connectivity index (χ3v) is 6.21. The Hall–Kier alpha value is -4.60. The zero-order valence-corrected chi connectivity index (χ0v) is 24.7. The Morgan fingerprint density at radius 2 is 1.26 bits per heavy atom. The minimum Gasteiger partial charge on any atom is -0.508 e. The Bertz CT molecular complexity index is 1120. The van der Waals surface area contributed by atoms with Gasteiger partial charge in [-0.2, -0.15) is 0 Å². The summed E-state index contributed by atoms with van der Waals surface area (Å²) in [6.07, 6.45) is 1.24. The summed E-state index contributed by atoms with van der Waals surface area (Å²) < 4.78 is 0. The van der Waals surface area contributed by atoms with Crippen molar-refractivity contribution in [2.75, 3.05) is 13.1 Å². The average molecular weight is 607 g/mol. The first-order valence-electron chi connectivity index (χ1n) is 14.0. The molecule has 0 aliphatic carbocycles. The molecule has 0 aliphatic rings. The second-order valence-electron chi connectivity index (χ2n) is 10.5. The van der Waals surface area contributed by atoms with Gasteiger partial charge >= 0.3 is 5.97 Å². The summed E-state index contributed by atoms with van der Waals surface area (Å²) in [5, 5.41) is 27.1. The summed E-state index contributed by atoms with van der Waals surface area (Å²) >= 11 is 0. The molecule has 16 nitrogen and oxygen atoms in total. The van der Waals surface area contributed by atoms with Crippen molar-refractivity contribution in [3.8, 4) is 5.75 Å². The molecule has 15 N–H and O–H groups in total. The number of aromatic hydroxyl groups is 1. The maximum atomic E-state index is 13.4. The maximum Gasteiger partial charge on any atom is 0.326 e. The Labute approximate surface area is 250 Å². The Kier molecular flexibility index (Phi) is 15.9. The minimum atomic E-state index is -1.27. The van der Waals surface area contributed by atoms with Gasteiger partial charge in [0.15, 0.2) is 11.9 Å². The van der Waals surface area contributed by atoms with Crippen molar-refractivity contribution in [1.29, 1.82) is 0 Å². The van der Waals surface area contributed by atoms with Gasteiger partial charge in [0.25, 0.3) is 0 Å². The number of rotatable bonds is 19. The summed E-state index contributed by atoms with van der Waals surface area (Å²) in [5.74, 6) is -3.44. The van der Waals surface area contributed by atoms with Gasteiger partial charge in [-0.15, -0.1) is 0 Å². The average Bonchev–Trinajstić information content (AvgIpc) is 2.92. The number of phenolic OH excluding ortho intramolecular Hbond substituents is 1. The number of benzene rings is 1. The van der Waals surface area contributed by atoms with Gasteiger partial charge in [0.2, 0.25) is 17.7 Å². The van der Waals surface area contributed by atoms with Gasteiger partial charge in [0, 0.05) is 19.5 Å². The lowest BCUT2D eigenvalue weighted by atomic mass is 10.00. The number of hydrogen-bond acceptors (Lipinski definition) is 8. The van der Waals surface area contributed by atoms with E-state index in [0.717, 1.165) is 0 Å². The predicted molar refractivity (Wildman–Crippen MR) is 162 cm³/mol. The van der Waals surface area contributed by atoms with Crippen LogP contribution >= 0.6 is 0 Å². The second-order valence-corrected chi connectivity index (χ2v) is 10.5. The van der Waals surface area contributed by atoms with Gasteiger partial charge in [0.1, 0.15) is 23.9 Å². The van der Waals surface area contributed by atoms with Gasteiger partial charge in [0.05, 0.1) is 6.04 Å². The largest absolute Gasteiger partial charge is 0.508 e. The number of nitrogens with zero attached hydrogens (tertiary/aromatic N) is 2. The predicted octanol–water partition coefficient (Wildman–Crippen LogP) is -2.05. The monoisotopic (exact) mass is 606 g/mol. The van der Waals surface area contributed by atoms with Crippen LogP contribution in [0.1, 0.15) is 51.5 Å². The first kappa shape index (κ1) is 36.4. The molecule has 0 aliphatic heterocycles. The normalized spacial score (nSPS) is 13.6. The molecule has 1 aromatic carbocycles. The molecule has 0 saturated heterocycles. The quantitative estimate of drug-likeness (QED) is 0.0464. The van der Waals surface area contributed by atoms with E-state index in [4.69, 9.17) is 28.7 Å². The number of nitrogens with two attached hydrogens (primary N) is 5. The summed E-state index contributed by atoms with van der Waals surface area (Å²) in [6.45, 7) is 4.19. The molecule has 3 amide bonds. The summed E-state index contributed by atoms with van der Waals surface area (Å²) in [5.41, 5.74) is 27.8. The fourth-order valence-electron chi connectivity index (χ4n) is 4.01. The second kappa shape index (κ2) is 18.8. The summed E-state index contributed by atoms with van der Waals surface area (Å²) in [4.78, 5) is 59.1. The molecule has 4 unspecified atom stereocenters. The smallest absolute Gasteiger partial charge is 0.326 e. The number of carbonyl (C=O) groups excluding carboxylic acids is 3. The molecular weight excluding hydrogens is 560 g/mol. The van der Waals surface area contributed by atoms with Gasteiger partial charge in [-0.1, -0.05) is 26.0 Å². The molecule has 240 valence electrons. The lowest BCUT2D eigenvalue weighted by Crippen LogP contribution is -2.57. The fourth-order valence-corrected chi connectivity index (χ4v) is 4.01. The molecule has 0 heterocycles. The summed E-state index contributed by atoms with van der Waals surface area (Å²) in [6, 6.07) is 1.55. The van der Waals surface area contributed by atoms with Crippen LogP contribution in [0.25, 0.3) is 0 Å². The van der Waals surface area contributed by atoms with E-state index in [1.165, 1.54) is 12.1 Å². The van der Waals surface area contributed by atoms with Crippen LogP contribution in [-0.4, -0.2) is 83.1 Å². The minimum absolute atomic E-state index is 0.00912. The van der Waals surface area contributed by atoms with E-state index in [0.29, 0.717) is 18.5 Å². The molecule has 0 aromatic heterocycles. The van der Waals surface area contributed by atoms with Crippen molar-refractivity contribution in [2.45, 2.75) is 76.5 Å². The van der Waals surface area contributed by atoms with Crippen molar-refractivity contribution in [1.82, 2.24) is 16.0 Å². The number of aliphatic imine (C=N–C) groups is 2. The van der Waals surface area contributed by atoms with E-state index in [1.807, 2.05) is 13.8 Å². The molecule has 16 heteroatoms. The van der Waals surface area contributed by atoms with E-state index < -0.39 is 47.9 Å². The van der Waals surface area contributed by atoms with Crippen molar-refractivity contribution < 1.29 is 29.4 Å². The Balaban J connectivity index is 3.09. The third-order valence-electron chi connectivity index (χ3n) is 6.21. The van der Waals surface area contributed by atoms with Crippen LogP contribution in [0.2, 0.25) is 0 Å². The Morgan fingerprint density at radius 3 is 1.77 bits per heavy atom. The SMILES string of the molecule is CC(C)CC(NC(=O)C(N)CCCN=C(N)N)C(=O)NC(Cc1ccc(O)cc1)C(=O)NC(CCCN=C(N)N)C(=O)O. The maximum absolute atomic E-state index is 13.4. The zero-order chi connectivity index (χ0) is 32.5. The van der Waals surface area contributed by atoms with Crippen LogP contribution in [0.4, 0.5) is 0 Å². The summed E-state index contributed by atoms with van der Waals surface area (Å²) in [7, 11) is 0. The number of aliphatic carboxylic acids is 1. The molecule has 0 fully saturated rings. The van der Waals surface area contributed by atoms with Crippen molar-refractivity contribution in [3.05, 3.63) is 29.8 Å². The van der Waals surface area contributed by atoms with Crippen molar-refractivity contribution >= 4 is 35.6 Å². The van der Waals surface area contributed by atoms with Crippen molar-refractivity contribution in [3.63, 3.8) is 0 Å². The highest BCUT2D eigenvalue weighted by molar-refractivity contribution is 5.94. The molecular formula is C27H46N10O6. The van der Waals surface area contributed by atoms with Crippen LogP contribution in [0.15, 0.2) is 34.3 Å². The van der Waals surface area contributed by atoms with Gasteiger partial charge in [-0.3, -0.25) is 24.4 Å². The van der Waals surface area contributed by atoms with Gasteiger partial charge < -0.3 is 54.8 Å². The Morgan fingerprint density at radius 1 is 0.767 bits per heavy atom. The van der Waals surface area contributed by atoms with E-state index >= 15 is 0 Å². The molecule has 0 spiro atoms. The van der Waals surface area contributed by atoms with Crippen LogP contribution in [0, 0.1) is 5.92 Å². The number of hydrogen-bond donors (Lipinski definition) is 10. The highest BCUT2D eigenvalue weighted by atomic mass is 16.4. The first-order chi connectivity index (χ1) is 20.2. The van der Waals surface area contributed by atoms with E-state index in [9.17, 15) is 29.4 Å². The number of carboxylic acids is 1. The van der Waals surface area contributed by atoms with E-state index in [1.54, 1.807) is 12.1 Å². The molecule has 0 saturated carbocycles. The molecule has 0 bridgehead atoms. The van der Waals surface area contributed by atoms with Crippen molar-refractivity contribution in [2.24, 2.45) is 44.6 Å². The lowest BCUT2D eigenvalue weighted by Gasteiger charge is -2.26. The number of carbonyl (C=O) groups is 4. The molecule has 1 rings (SSSR count). The number of amides is 3. The number of carboxylic acid groups (broad SMARTS) is 1. The van der Waals surface area contributed by atoms with Crippen LogP contribution in [0.3, 0.4) is 0 Å². The van der Waals surface area contributed by atoms with E-state index in [-0.39, 0.29) is 62.2 Å². The highest BCUT2D eigenvalue weighted by Gasteiger charge is 2.31. The van der Waals surface area contributed by atoms with Gasteiger partial charge in [-0.25, -0.2) is 4.79 Å². The zero-order valence-electron chi connectivity index (χ0n) is 24.7. The topological polar surface area (TPSA) is 300 Å². The molecule has 4 atom stereocenters. The standard InChI is InChI=1S/C27H46N10O6/c1-15(2)13-20(36-22(39)18(28)5-3-11-33-26(29)30)23(40)37-21(14-16-7-9-17(38)10-8-16)24(41)35-19(25(42)43)6-4-12-34-27(31)32/h7-10,15,18-21,38H,3-6,11-14,28H2,1-2H3,(H,35,41)(H,36,39)(H,37,40)(H,42,43)(H4,29,30,33)(H4,31,32,34). The highest BCUT2D eigenvalue weighted by Crippen LogP contribution is 2.13.